The summed E-state index contributed by atoms with van der Waals surface area (Å²) in [7, 11) is 0. The summed E-state index contributed by atoms with van der Waals surface area (Å²) < 4.78 is 1.00. The van der Waals surface area contributed by atoms with Gasteiger partial charge in [0.25, 0.3) is 0 Å². The van der Waals surface area contributed by atoms with Crippen molar-refractivity contribution >= 4 is 21.8 Å². The number of benzene rings is 1. The normalized spacial score (nSPS) is 23.3. The van der Waals surface area contributed by atoms with Crippen molar-refractivity contribution in [3.63, 3.8) is 0 Å². The van der Waals surface area contributed by atoms with E-state index >= 15 is 0 Å². The molecule has 1 aromatic heterocycles. The van der Waals surface area contributed by atoms with Crippen LogP contribution in [0.2, 0.25) is 0 Å². The number of nitrogens with zero attached hydrogens (tertiary/aromatic N) is 5. The molecule has 1 aliphatic heterocycles. The van der Waals surface area contributed by atoms with Gasteiger partial charge in [-0.25, -0.2) is 0 Å². The average Bonchev–Trinajstić information content (AvgIpc) is 3.10. The highest BCUT2D eigenvalue weighted by molar-refractivity contribution is 9.10. The number of amides is 1. The van der Waals surface area contributed by atoms with Crippen LogP contribution in [-0.4, -0.2) is 44.1 Å². The lowest BCUT2D eigenvalue weighted by Gasteiger charge is -2.41. The van der Waals surface area contributed by atoms with Crippen molar-refractivity contribution in [2.45, 2.75) is 38.6 Å². The Kier molecular flexibility index (Phi) is 4.83. The molecule has 1 amide bonds. The molecule has 2 aromatic rings. The lowest BCUT2D eigenvalue weighted by Crippen LogP contribution is -2.46. The monoisotopic (exact) mass is 403 g/mol. The van der Waals surface area contributed by atoms with Crippen LogP contribution in [-0.2, 0) is 11.3 Å². The molecule has 0 spiro atoms. The third-order valence-electron chi connectivity index (χ3n) is 5.48. The molecule has 2 heterocycles. The smallest absolute Gasteiger partial charge is 0.246 e. The van der Waals surface area contributed by atoms with Crippen LogP contribution in [0.5, 0.6) is 0 Å². The van der Waals surface area contributed by atoms with E-state index in [0.717, 1.165) is 35.5 Å². The number of halogens is 1. The molecule has 132 valence electrons. The van der Waals surface area contributed by atoms with Gasteiger partial charge < -0.3 is 4.90 Å². The highest BCUT2D eigenvalue weighted by atomic mass is 79.9. The number of likely N-dealkylation sites (tertiary alicyclic amines) is 1. The van der Waals surface area contributed by atoms with Crippen molar-refractivity contribution < 1.29 is 4.79 Å². The molecule has 1 aliphatic carbocycles. The molecule has 25 heavy (non-hydrogen) atoms. The van der Waals surface area contributed by atoms with E-state index < -0.39 is 0 Å². The largest absolute Gasteiger partial charge is 0.341 e. The number of aromatic nitrogens is 4. The topological polar surface area (TPSA) is 63.9 Å². The third-order valence-corrected chi connectivity index (χ3v) is 6.00. The molecule has 2 atom stereocenters. The highest BCUT2D eigenvalue weighted by Gasteiger charge is 2.33. The van der Waals surface area contributed by atoms with Crippen LogP contribution in [0.4, 0.5) is 0 Å². The molecule has 6 nitrogen and oxygen atoms in total. The van der Waals surface area contributed by atoms with Crippen molar-refractivity contribution in [2.75, 3.05) is 13.1 Å². The maximum absolute atomic E-state index is 12.6. The van der Waals surface area contributed by atoms with E-state index in [9.17, 15) is 4.79 Å². The second-order valence-electron chi connectivity index (χ2n) is 7.08. The van der Waals surface area contributed by atoms with Gasteiger partial charge in [-0.3, -0.25) is 4.79 Å². The summed E-state index contributed by atoms with van der Waals surface area (Å²) in [6, 6.07) is 7.74. The Morgan fingerprint density at radius 2 is 1.88 bits per heavy atom. The molecule has 2 aliphatic rings. The zero-order valence-corrected chi connectivity index (χ0v) is 15.7. The molecule has 0 radical (unpaired) electrons. The second kappa shape index (κ2) is 7.23. The summed E-state index contributed by atoms with van der Waals surface area (Å²) in [4.78, 5) is 16.0. The van der Waals surface area contributed by atoms with E-state index in [4.69, 9.17) is 0 Å². The molecule has 1 saturated heterocycles. The van der Waals surface area contributed by atoms with Crippen molar-refractivity contribution in [2.24, 2.45) is 11.8 Å². The van der Waals surface area contributed by atoms with E-state index in [0.29, 0.717) is 11.7 Å². The first-order chi connectivity index (χ1) is 12.2. The lowest BCUT2D eigenvalue weighted by molar-refractivity contribution is -0.135. The first-order valence-electron chi connectivity index (χ1n) is 9.00. The standard InChI is InChI=1S/C18H22BrN5O/c19-16-7-5-14(6-8-16)18-20-22-24(21-18)12-17(25)23-10-9-13-3-1-2-4-15(13)11-23/h5-8,13,15H,1-4,9-12H2. The molecule has 2 fully saturated rings. The summed E-state index contributed by atoms with van der Waals surface area (Å²) in [6.07, 6.45) is 6.42. The minimum absolute atomic E-state index is 0.101. The van der Waals surface area contributed by atoms with Gasteiger partial charge in [0.15, 0.2) is 0 Å². The summed E-state index contributed by atoms with van der Waals surface area (Å²) in [5, 5.41) is 12.5. The predicted octanol–water partition coefficient (Wildman–Crippen LogP) is 3.14. The minimum atomic E-state index is 0.101. The van der Waals surface area contributed by atoms with Crippen molar-refractivity contribution in [1.29, 1.82) is 0 Å². The van der Waals surface area contributed by atoms with E-state index in [1.807, 2.05) is 29.2 Å². The maximum Gasteiger partial charge on any atom is 0.246 e. The van der Waals surface area contributed by atoms with Crippen LogP contribution in [0.3, 0.4) is 0 Å². The molecule has 1 saturated carbocycles. The minimum Gasteiger partial charge on any atom is -0.341 e. The zero-order valence-electron chi connectivity index (χ0n) is 14.1. The quantitative estimate of drug-likeness (QED) is 0.789. The van der Waals surface area contributed by atoms with Gasteiger partial charge in [0, 0.05) is 23.1 Å². The van der Waals surface area contributed by atoms with E-state index in [-0.39, 0.29) is 12.5 Å². The van der Waals surface area contributed by atoms with Gasteiger partial charge >= 0.3 is 0 Å². The number of rotatable bonds is 3. The van der Waals surface area contributed by atoms with Crippen LogP contribution < -0.4 is 0 Å². The van der Waals surface area contributed by atoms with Gasteiger partial charge in [0.05, 0.1) is 0 Å². The summed E-state index contributed by atoms with van der Waals surface area (Å²) >= 11 is 3.41. The molecule has 1 aromatic carbocycles. The highest BCUT2D eigenvalue weighted by Crippen LogP contribution is 2.36. The van der Waals surface area contributed by atoms with Crippen LogP contribution in [0.1, 0.15) is 32.1 Å². The Hall–Kier alpha value is -1.76. The van der Waals surface area contributed by atoms with Gasteiger partial charge in [0.2, 0.25) is 11.7 Å². The van der Waals surface area contributed by atoms with E-state index in [1.165, 1.54) is 30.5 Å². The van der Waals surface area contributed by atoms with Gasteiger partial charge in [-0.05, 0) is 54.2 Å². The predicted molar refractivity (Wildman–Crippen MR) is 97.6 cm³/mol. The number of hydrogen-bond donors (Lipinski definition) is 0. The molecule has 0 bridgehead atoms. The summed E-state index contributed by atoms with van der Waals surface area (Å²) in [6.45, 7) is 1.94. The first kappa shape index (κ1) is 16.7. The summed E-state index contributed by atoms with van der Waals surface area (Å²) in [5.74, 6) is 2.16. The fraction of sp³-hybridized carbons (Fsp3) is 0.556. The Balaban J connectivity index is 1.39. The lowest BCUT2D eigenvalue weighted by atomic mass is 9.75. The molecule has 2 unspecified atom stereocenters. The molecule has 4 rings (SSSR count). The Labute approximate surface area is 155 Å². The molecule has 7 heteroatoms. The molecular formula is C18H22BrN5O. The Morgan fingerprint density at radius 1 is 1.12 bits per heavy atom. The Bertz CT molecular complexity index is 744. The number of piperidine rings is 1. The number of hydrogen-bond acceptors (Lipinski definition) is 4. The maximum atomic E-state index is 12.6. The van der Waals surface area contributed by atoms with Crippen molar-refractivity contribution in [3.8, 4) is 11.4 Å². The van der Waals surface area contributed by atoms with Crippen molar-refractivity contribution in [3.05, 3.63) is 28.7 Å². The second-order valence-corrected chi connectivity index (χ2v) is 8.00. The SMILES string of the molecule is O=C(Cn1nnc(-c2ccc(Br)cc2)n1)N1CCC2CCCCC2C1. The third kappa shape index (κ3) is 3.76. The van der Waals surface area contributed by atoms with E-state index in [1.54, 1.807) is 0 Å². The van der Waals surface area contributed by atoms with Crippen LogP contribution in [0, 0.1) is 11.8 Å². The number of tetrazole rings is 1. The van der Waals surface area contributed by atoms with Crippen LogP contribution in [0.15, 0.2) is 28.7 Å². The van der Waals surface area contributed by atoms with Crippen LogP contribution >= 0.6 is 15.9 Å². The first-order valence-corrected chi connectivity index (χ1v) is 9.80. The van der Waals surface area contributed by atoms with E-state index in [2.05, 4.69) is 31.3 Å². The summed E-state index contributed by atoms with van der Waals surface area (Å²) in [5.41, 5.74) is 0.893. The fourth-order valence-electron chi connectivity index (χ4n) is 4.07. The average molecular weight is 404 g/mol. The van der Waals surface area contributed by atoms with Gasteiger partial charge in [-0.15, -0.1) is 10.2 Å². The molecular weight excluding hydrogens is 382 g/mol. The van der Waals surface area contributed by atoms with Crippen LogP contribution in [0.25, 0.3) is 11.4 Å². The molecule has 0 N–H and O–H groups in total. The fourth-order valence-corrected chi connectivity index (χ4v) is 4.34. The zero-order chi connectivity index (χ0) is 17.2. The van der Waals surface area contributed by atoms with Crippen molar-refractivity contribution in [1.82, 2.24) is 25.1 Å². The van der Waals surface area contributed by atoms with Gasteiger partial charge in [-0.2, -0.15) is 4.80 Å². The van der Waals surface area contributed by atoms with Gasteiger partial charge in [-0.1, -0.05) is 35.2 Å². The van der Waals surface area contributed by atoms with Gasteiger partial charge in [0.1, 0.15) is 6.54 Å². The number of carbonyl (C=O) groups is 1. The Morgan fingerprint density at radius 3 is 2.68 bits per heavy atom. The number of carbonyl (C=O) groups excluding carboxylic acids is 1. The number of fused-ring (bicyclic) bond motifs is 1.